The van der Waals surface area contributed by atoms with Gasteiger partial charge in [0.15, 0.2) is 0 Å². The summed E-state index contributed by atoms with van der Waals surface area (Å²) >= 11 is 0. The van der Waals surface area contributed by atoms with Crippen LogP contribution in [0, 0.1) is 50.2 Å². The molecule has 5 nitrogen and oxygen atoms in total. The molecule has 0 unspecified atom stereocenters. The molecule has 5 heteroatoms. The zero-order valence-corrected chi connectivity index (χ0v) is 22.7. The second-order valence-corrected chi connectivity index (χ2v) is 15.0. The average Bonchev–Trinajstić information content (AvgIpc) is 2.76. The van der Waals surface area contributed by atoms with Gasteiger partial charge in [-0.25, -0.2) is 0 Å². The van der Waals surface area contributed by atoms with Crippen molar-refractivity contribution in [3.63, 3.8) is 0 Å². The van der Waals surface area contributed by atoms with Gasteiger partial charge in [-0.15, -0.1) is 0 Å². The molecule has 0 aromatic carbocycles. The van der Waals surface area contributed by atoms with Crippen molar-refractivity contribution in [1.82, 2.24) is 0 Å². The Morgan fingerprint density at radius 1 is 0.914 bits per heavy atom. The van der Waals surface area contributed by atoms with Gasteiger partial charge in [0.25, 0.3) is 0 Å². The summed E-state index contributed by atoms with van der Waals surface area (Å²) in [5, 5.41) is 43.1. The molecule has 4 fully saturated rings. The lowest BCUT2D eigenvalue weighted by Crippen LogP contribution is -2.67. The standard InChI is InChI=1S/C30H48O5/c1-25(2)15-19-18-7-8-21-26(3)11-10-22(32)27(4,17-31)20(26)9-12-29(21,6)28(18,5)13-14-30(19,24(34)35)23(33)16-25/h7,19-23,31-33H,8-17H2,1-6H3,(H,34,35)/t19-,20+,21+,22-,23-,26-,27-,28+,29+,30-/m0/s1. The van der Waals surface area contributed by atoms with Gasteiger partial charge in [0.05, 0.1) is 18.8 Å². The number of aliphatic hydroxyl groups is 3. The van der Waals surface area contributed by atoms with Crippen molar-refractivity contribution in [2.45, 2.75) is 112 Å². The third-order valence-electron chi connectivity index (χ3n) is 13.2. The first-order chi connectivity index (χ1) is 16.1. The zero-order valence-electron chi connectivity index (χ0n) is 22.7. The highest BCUT2D eigenvalue weighted by Crippen LogP contribution is 2.75. The van der Waals surface area contributed by atoms with Gasteiger partial charge in [-0.05, 0) is 97.2 Å². The second-order valence-electron chi connectivity index (χ2n) is 15.0. The van der Waals surface area contributed by atoms with Crippen LogP contribution < -0.4 is 0 Å². The van der Waals surface area contributed by atoms with Crippen LogP contribution in [0.25, 0.3) is 0 Å². The third kappa shape index (κ3) is 3.01. The van der Waals surface area contributed by atoms with Crippen LogP contribution in [0.1, 0.15) is 99.3 Å². The Morgan fingerprint density at radius 3 is 2.23 bits per heavy atom. The first kappa shape index (κ1) is 25.7. The van der Waals surface area contributed by atoms with Crippen LogP contribution in [0.2, 0.25) is 0 Å². The quantitative estimate of drug-likeness (QED) is 0.402. The van der Waals surface area contributed by atoms with E-state index in [1.807, 2.05) is 0 Å². The Morgan fingerprint density at radius 2 is 1.60 bits per heavy atom. The number of carbonyl (C=O) groups is 1. The number of hydrogen-bond acceptors (Lipinski definition) is 4. The van der Waals surface area contributed by atoms with Crippen molar-refractivity contribution in [1.29, 1.82) is 0 Å². The first-order valence-electron chi connectivity index (χ1n) is 14.0. The number of hydrogen-bond donors (Lipinski definition) is 4. The van der Waals surface area contributed by atoms with Gasteiger partial charge in [-0.2, -0.15) is 0 Å². The highest BCUT2D eigenvalue weighted by molar-refractivity contribution is 5.77. The molecule has 0 spiro atoms. The predicted molar refractivity (Wildman–Crippen MR) is 135 cm³/mol. The fourth-order valence-corrected chi connectivity index (χ4v) is 10.9. The van der Waals surface area contributed by atoms with E-state index in [0.717, 1.165) is 44.9 Å². The van der Waals surface area contributed by atoms with Gasteiger partial charge in [0.2, 0.25) is 0 Å². The maximum absolute atomic E-state index is 12.8. The summed E-state index contributed by atoms with van der Waals surface area (Å²) in [4.78, 5) is 12.8. The first-order valence-corrected chi connectivity index (χ1v) is 14.0. The van der Waals surface area contributed by atoms with E-state index in [1.54, 1.807) is 0 Å². The number of rotatable bonds is 2. The summed E-state index contributed by atoms with van der Waals surface area (Å²) < 4.78 is 0. The van der Waals surface area contributed by atoms with Crippen LogP contribution >= 0.6 is 0 Å². The topological polar surface area (TPSA) is 98.0 Å². The van der Waals surface area contributed by atoms with Gasteiger partial charge in [0, 0.05) is 5.41 Å². The molecule has 0 radical (unpaired) electrons. The Kier molecular flexibility index (Phi) is 5.56. The van der Waals surface area contributed by atoms with Crippen molar-refractivity contribution in [2.24, 2.45) is 50.2 Å². The third-order valence-corrected chi connectivity index (χ3v) is 13.2. The van der Waals surface area contributed by atoms with E-state index in [1.165, 1.54) is 5.57 Å². The fourth-order valence-electron chi connectivity index (χ4n) is 10.9. The molecule has 0 aliphatic heterocycles. The van der Waals surface area contributed by atoms with E-state index in [0.29, 0.717) is 18.8 Å². The van der Waals surface area contributed by atoms with Crippen LogP contribution in [0.4, 0.5) is 0 Å². The number of allylic oxidation sites excluding steroid dienone is 2. The SMILES string of the molecule is CC1(C)C[C@H](O)[C@]2(C(=O)O)CC[C@]3(C)C(=CC[C@@H]4[C@@]5(C)CC[C@H](O)[C@@](C)(CO)[C@@H]5CC[C@]43C)[C@@H]2C1. The van der Waals surface area contributed by atoms with Gasteiger partial charge in [0.1, 0.15) is 5.41 Å². The molecule has 10 atom stereocenters. The lowest BCUT2D eigenvalue weighted by Gasteiger charge is -2.71. The van der Waals surface area contributed by atoms with Crippen LogP contribution in [0.15, 0.2) is 11.6 Å². The summed E-state index contributed by atoms with van der Waals surface area (Å²) in [7, 11) is 0. The molecule has 35 heavy (non-hydrogen) atoms. The lowest BCUT2D eigenvalue weighted by atomic mass is 9.33. The predicted octanol–water partition coefficient (Wildman–Crippen LogP) is 5.18. The highest BCUT2D eigenvalue weighted by Gasteiger charge is 2.70. The number of carboxylic acid groups (broad SMARTS) is 1. The molecular weight excluding hydrogens is 440 g/mol. The molecule has 5 aliphatic carbocycles. The largest absolute Gasteiger partial charge is 0.481 e. The number of carboxylic acids is 1. The highest BCUT2D eigenvalue weighted by atomic mass is 16.4. The molecule has 4 N–H and O–H groups in total. The second kappa shape index (κ2) is 7.57. The molecule has 4 saturated carbocycles. The summed E-state index contributed by atoms with van der Waals surface area (Å²) in [5.74, 6) is -0.245. The molecule has 0 aromatic rings. The smallest absolute Gasteiger partial charge is 0.312 e. The minimum atomic E-state index is -1.07. The van der Waals surface area contributed by atoms with E-state index in [-0.39, 0.29) is 40.1 Å². The Bertz CT molecular complexity index is 941. The van der Waals surface area contributed by atoms with Crippen molar-refractivity contribution in [3.05, 3.63) is 11.6 Å². The number of aliphatic hydroxyl groups excluding tert-OH is 3. The van der Waals surface area contributed by atoms with Crippen LogP contribution in [-0.4, -0.2) is 45.2 Å². The van der Waals surface area contributed by atoms with E-state index in [2.05, 4.69) is 47.6 Å². The maximum atomic E-state index is 12.8. The van der Waals surface area contributed by atoms with Crippen molar-refractivity contribution in [3.8, 4) is 0 Å². The number of fused-ring (bicyclic) bond motifs is 7. The van der Waals surface area contributed by atoms with Crippen LogP contribution in [0.3, 0.4) is 0 Å². The summed E-state index contributed by atoms with van der Waals surface area (Å²) in [5.41, 5.74) is -0.380. The Labute approximate surface area is 211 Å². The molecule has 198 valence electrons. The normalized spacial score (nSPS) is 55.0. The molecule has 5 aliphatic rings. The maximum Gasteiger partial charge on any atom is 0.312 e. The summed E-state index contributed by atoms with van der Waals surface area (Å²) in [6.07, 6.45) is 8.47. The van der Waals surface area contributed by atoms with E-state index >= 15 is 0 Å². The van der Waals surface area contributed by atoms with Crippen molar-refractivity contribution in [2.75, 3.05) is 6.61 Å². The van der Waals surface area contributed by atoms with E-state index in [9.17, 15) is 25.2 Å². The van der Waals surface area contributed by atoms with Gasteiger partial charge in [-0.3, -0.25) is 4.79 Å². The van der Waals surface area contributed by atoms with Crippen molar-refractivity contribution < 1.29 is 25.2 Å². The van der Waals surface area contributed by atoms with E-state index < -0.39 is 29.0 Å². The van der Waals surface area contributed by atoms with Gasteiger partial charge in [-0.1, -0.05) is 53.2 Å². The monoisotopic (exact) mass is 488 g/mol. The zero-order chi connectivity index (χ0) is 25.8. The van der Waals surface area contributed by atoms with Gasteiger partial charge < -0.3 is 20.4 Å². The Hall–Kier alpha value is -0.910. The van der Waals surface area contributed by atoms with Crippen LogP contribution in [-0.2, 0) is 4.79 Å². The fraction of sp³-hybridized carbons (Fsp3) is 0.900. The van der Waals surface area contributed by atoms with Gasteiger partial charge >= 0.3 is 5.97 Å². The molecule has 5 rings (SSSR count). The minimum Gasteiger partial charge on any atom is -0.481 e. The molecule has 0 saturated heterocycles. The Balaban J connectivity index is 1.61. The summed E-state index contributed by atoms with van der Waals surface area (Å²) in [6.45, 7) is 13.7. The number of aliphatic carboxylic acids is 1. The molecule has 0 amide bonds. The molecule has 0 heterocycles. The molecule has 0 aromatic heterocycles. The van der Waals surface area contributed by atoms with Crippen molar-refractivity contribution >= 4 is 5.97 Å². The molecular formula is C30H48O5. The lowest BCUT2D eigenvalue weighted by molar-refractivity contribution is -0.221. The molecule has 0 bridgehead atoms. The minimum absolute atomic E-state index is 0.0202. The summed E-state index contributed by atoms with van der Waals surface area (Å²) in [6, 6.07) is 0. The van der Waals surface area contributed by atoms with E-state index in [4.69, 9.17) is 0 Å². The average molecular weight is 489 g/mol. The van der Waals surface area contributed by atoms with Crippen LogP contribution in [0.5, 0.6) is 0 Å².